The zero-order valence-corrected chi connectivity index (χ0v) is 14.3. The van der Waals surface area contributed by atoms with Crippen LogP contribution < -0.4 is 10.5 Å². The number of nitrogens with two attached hydrogens (primary N) is 1. The highest BCUT2D eigenvalue weighted by molar-refractivity contribution is 6.34. The van der Waals surface area contributed by atoms with Crippen LogP contribution in [0.1, 0.15) is 35.1 Å². The Hall–Kier alpha value is -1.38. The molecule has 1 aliphatic rings. The van der Waals surface area contributed by atoms with Crippen molar-refractivity contribution in [2.45, 2.75) is 39.5 Å². The van der Waals surface area contributed by atoms with Crippen molar-refractivity contribution in [1.29, 1.82) is 0 Å². The van der Waals surface area contributed by atoms with E-state index in [0.717, 1.165) is 24.0 Å². The molecular weight excluding hydrogens is 317 g/mol. The fraction of sp³-hybridized carbons (Fsp3) is 0.333. The van der Waals surface area contributed by atoms with E-state index in [1.807, 2.05) is 26.0 Å². The van der Waals surface area contributed by atoms with Gasteiger partial charge in [-0.25, -0.2) is 0 Å². The van der Waals surface area contributed by atoms with E-state index in [1.165, 1.54) is 24.0 Å². The van der Waals surface area contributed by atoms with Crippen LogP contribution in [0.5, 0.6) is 11.5 Å². The van der Waals surface area contributed by atoms with E-state index in [4.69, 9.17) is 33.7 Å². The Morgan fingerprint density at radius 1 is 1.05 bits per heavy atom. The molecule has 0 aliphatic heterocycles. The van der Waals surface area contributed by atoms with Crippen molar-refractivity contribution in [1.82, 2.24) is 0 Å². The Balaban J connectivity index is 2.03. The molecule has 0 heterocycles. The van der Waals surface area contributed by atoms with Gasteiger partial charge in [-0.2, -0.15) is 0 Å². The molecule has 0 aromatic heterocycles. The minimum Gasteiger partial charge on any atom is -0.454 e. The first kappa shape index (κ1) is 15.5. The molecule has 4 heteroatoms. The predicted octanol–water partition coefficient (Wildman–Crippen LogP) is 5.86. The van der Waals surface area contributed by atoms with Gasteiger partial charge in [-0.15, -0.1) is 0 Å². The molecular formula is C18H19Cl2NO. The number of fused-ring (bicyclic) bond motifs is 1. The Kier molecular flexibility index (Phi) is 4.24. The van der Waals surface area contributed by atoms with Crippen LogP contribution in [0, 0.1) is 13.8 Å². The lowest BCUT2D eigenvalue weighted by Crippen LogP contribution is -2.04. The van der Waals surface area contributed by atoms with Gasteiger partial charge in [0.05, 0.1) is 10.0 Å². The molecule has 3 rings (SSSR count). The number of rotatable bonds is 2. The van der Waals surface area contributed by atoms with Gasteiger partial charge in [0.1, 0.15) is 11.5 Å². The molecule has 0 saturated carbocycles. The van der Waals surface area contributed by atoms with Crippen molar-refractivity contribution in [3.63, 3.8) is 0 Å². The van der Waals surface area contributed by atoms with Crippen LogP contribution in [0.3, 0.4) is 0 Å². The number of aryl methyl sites for hydroxylation is 2. The molecule has 2 aromatic rings. The standard InChI is InChI=1S/C18H19Cl2NO/c1-10-9-14(21)11(2)16(19)18(10)22-15-8-7-12-5-3-4-6-13(12)17(15)20/h7-9H,3-6,21H2,1-2H3. The van der Waals surface area contributed by atoms with Crippen LogP contribution in [0.25, 0.3) is 0 Å². The summed E-state index contributed by atoms with van der Waals surface area (Å²) in [5.41, 5.74) is 10.9. The molecule has 1 aliphatic carbocycles. The van der Waals surface area contributed by atoms with Crippen molar-refractivity contribution in [2.75, 3.05) is 5.73 Å². The van der Waals surface area contributed by atoms with Crippen LogP contribution in [0.2, 0.25) is 10.0 Å². The van der Waals surface area contributed by atoms with E-state index in [0.29, 0.717) is 27.2 Å². The summed E-state index contributed by atoms with van der Waals surface area (Å²) >= 11 is 13.0. The summed E-state index contributed by atoms with van der Waals surface area (Å²) in [4.78, 5) is 0. The number of anilines is 1. The smallest absolute Gasteiger partial charge is 0.149 e. The van der Waals surface area contributed by atoms with Crippen molar-refractivity contribution in [3.05, 3.63) is 50.5 Å². The van der Waals surface area contributed by atoms with Gasteiger partial charge in [-0.3, -0.25) is 0 Å². The second kappa shape index (κ2) is 6.02. The molecule has 0 unspecified atom stereocenters. The fourth-order valence-electron chi connectivity index (χ4n) is 2.95. The average Bonchev–Trinajstić information content (AvgIpc) is 2.51. The highest BCUT2D eigenvalue weighted by Crippen LogP contribution is 2.42. The van der Waals surface area contributed by atoms with Crippen LogP contribution >= 0.6 is 23.2 Å². The maximum absolute atomic E-state index is 6.56. The minimum atomic E-state index is 0.547. The van der Waals surface area contributed by atoms with E-state index >= 15 is 0 Å². The fourth-order valence-corrected chi connectivity index (χ4v) is 3.57. The van der Waals surface area contributed by atoms with Crippen molar-refractivity contribution in [3.8, 4) is 11.5 Å². The van der Waals surface area contributed by atoms with Crippen LogP contribution in [0.4, 0.5) is 5.69 Å². The molecule has 2 aromatic carbocycles. The lowest BCUT2D eigenvalue weighted by atomic mass is 9.91. The average molecular weight is 336 g/mol. The lowest BCUT2D eigenvalue weighted by molar-refractivity contribution is 0.477. The van der Waals surface area contributed by atoms with Gasteiger partial charge in [-0.05, 0) is 73.9 Å². The van der Waals surface area contributed by atoms with E-state index in [-0.39, 0.29) is 0 Å². The number of halogens is 2. The SMILES string of the molecule is Cc1cc(N)c(C)c(Cl)c1Oc1ccc2c(c1Cl)CCCC2. The summed E-state index contributed by atoms with van der Waals surface area (Å²) in [6, 6.07) is 5.93. The third-order valence-corrected chi connectivity index (χ3v) is 5.20. The monoisotopic (exact) mass is 335 g/mol. The molecule has 2 nitrogen and oxygen atoms in total. The van der Waals surface area contributed by atoms with E-state index in [9.17, 15) is 0 Å². The number of hydrogen-bond acceptors (Lipinski definition) is 2. The topological polar surface area (TPSA) is 35.2 Å². The molecule has 116 valence electrons. The maximum Gasteiger partial charge on any atom is 0.149 e. The third-order valence-electron chi connectivity index (χ3n) is 4.33. The van der Waals surface area contributed by atoms with Gasteiger partial charge >= 0.3 is 0 Å². The summed E-state index contributed by atoms with van der Waals surface area (Å²) in [6.45, 7) is 3.82. The van der Waals surface area contributed by atoms with Crippen LogP contribution in [-0.2, 0) is 12.8 Å². The van der Waals surface area contributed by atoms with Gasteiger partial charge in [-0.1, -0.05) is 29.3 Å². The van der Waals surface area contributed by atoms with Crippen LogP contribution in [-0.4, -0.2) is 0 Å². The van der Waals surface area contributed by atoms with Gasteiger partial charge in [0, 0.05) is 5.69 Å². The quantitative estimate of drug-likeness (QED) is 0.697. The highest BCUT2D eigenvalue weighted by atomic mass is 35.5. The lowest BCUT2D eigenvalue weighted by Gasteiger charge is -2.20. The van der Waals surface area contributed by atoms with Gasteiger partial charge in [0.15, 0.2) is 0 Å². The summed E-state index contributed by atoms with van der Waals surface area (Å²) in [5.74, 6) is 1.29. The minimum absolute atomic E-state index is 0.547. The normalized spacial score (nSPS) is 13.8. The van der Waals surface area contributed by atoms with E-state index < -0.39 is 0 Å². The number of benzene rings is 2. The van der Waals surface area contributed by atoms with E-state index in [2.05, 4.69) is 6.07 Å². The molecule has 0 atom stereocenters. The summed E-state index contributed by atoms with van der Waals surface area (Å²) in [5, 5.41) is 1.26. The molecule has 0 saturated heterocycles. The summed E-state index contributed by atoms with van der Waals surface area (Å²) < 4.78 is 6.05. The molecule has 2 N–H and O–H groups in total. The highest BCUT2D eigenvalue weighted by Gasteiger charge is 2.19. The van der Waals surface area contributed by atoms with Crippen LogP contribution in [0.15, 0.2) is 18.2 Å². The van der Waals surface area contributed by atoms with Gasteiger partial charge < -0.3 is 10.5 Å². The number of nitrogen functional groups attached to an aromatic ring is 1. The Labute approximate surface area is 141 Å². The Bertz CT molecular complexity index is 741. The molecule has 0 spiro atoms. The second-order valence-electron chi connectivity index (χ2n) is 5.88. The number of ether oxygens (including phenoxy) is 1. The largest absolute Gasteiger partial charge is 0.454 e. The third kappa shape index (κ3) is 2.66. The summed E-state index contributed by atoms with van der Waals surface area (Å²) in [7, 11) is 0. The Morgan fingerprint density at radius 2 is 1.77 bits per heavy atom. The first-order valence-electron chi connectivity index (χ1n) is 7.52. The molecule has 22 heavy (non-hydrogen) atoms. The van der Waals surface area contributed by atoms with Crippen molar-refractivity contribution < 1.29 is 4.74 Å². The molecule has 0 amide bonds. The van der Waals surface area contributed by atoms with Crippen molar-refractivity contribution in [2.24, 2.45) is 0 Å². The maximum atomic E-state index is 6.56. The van der Waals surface area contributed by atoms with E-state index in [1.54, 1.807) is 0 Å². The zero-order chi connectivity index (χ0) is 15.9. The molecule has 0 fully saturated rings. The summed E-state index contributed by atoms with van der Waals surface area (Å²) in [6.07, 6.45) is 4.51. The Morgan fingerprint density at radius 3 is 2.55 bits per heavy atom. The second-order valence-corrected chi connectivity index (χ2v) is 6.63. The predicted molar refractivity (Wildman–Crippen MR) is 93.5 cm³/mol. The first-order chi connectivity index (χ1) is 10.5. The molecule has 0 radical (unpaired) electrons. The molecule has 0 bridgehead atoms. The van der Waals surface area contributed by atoms with Crippen molar-refractivity contribution >= 4 is 28.9 Å². The van der Waals surface area contributed by atoms with Gasteiger partial charge in [0.25, 0.3) is 0 Å². The first-order valence-corrected chi connectivity index (χ1v) is 8.28. The van der Waals surface area contributed by atoms with Gasteiger partial charge in [0.2, 0.25) is 0 Å². The zero-order valence-electron chi connectivity index (χ0n) is 12.8. The number of hydrogen-bond donors (Lipinski definition) is 1.